The van der Waals surface area contributed by atoms with Crippen molar-refractivity contribution in [1.29, 1.82) is 0 Å². The van der Waals surface area contributed by atoms with Crippen molar-refractivity contribution in [3.63, 3.8) is 0 Å². The smallest absolute Gasteiger partial charge is 0.128 e. The van der Waals surface area contributed by atoms with Gasteiger partial charge >= 0.3 is 0 Å². The summed E-state index contributed by atoms with van der Waals surface area (Å²) in [7, 11) is 0. The van der Waals surface area contributed by atoms with E-state index >= 15 is 0 Å². The third-order valence-electron chi connectivity index (χ3n) is 3.77. The van der Waals surface area contributed by atoms with Gasteiger partial charge in [-0.2, -0.15) is 0 Å². The molecular weight excluding hydrogens is 262 g/mol. The molecule has 1 heterocycles. The van der Waals surface area contributed by atoms with Crippen molar-refractivity contribution in [1.82, 2.24) is 5.32 Å². The number of likely N-dealkylation sites (N-methyl/N-ethyl adjacent to an activating group) is 1. The van der Waals surface area contributed by atoms with Gasteiger partial charge in [-0.15, -0.1) is 0 Å². The summed E-state index contributed by atoms with van der Waals surface area (Å²) in [5.74, 6) is 2.67. The SMILES string of the molecule is CCNC1c2cc(Oc3ccccc3)ccc2OC1CC. The highest BCUT2D eigenvalue weighted by atomic mass is 16.5. The third-order valence-corrected chi connectivity index (χ3v) is 3.77. The summed E-state index contributed by atoms with van der Waals surface area (Å²) in [6, 6.07) is 16.2. The Kier molecular flexibility index (Phi) is 4.11. The molecule has 0 saturated heterocycles. The topological polar surface area (TPSA) is 30.5 Å². The molecule has 0 saturated carbocycles. The second-order valence-electron chi connectivity index (χ2n) is 5.21. The monoisotopic (exact) mass is 283 g/mol. The van der Waals surface area contributed by atoms with Crippen molar-refractivity contribution >= 4 is 0 Å². The molecule has 0 bridgehead atoms. The molecular formula is C18H21NO2. The summed E-state index contributed by atoms with van der Waals surface area (Å²) in [6.07, 6.45) is 1.19. The van der Waals surface area contributed by atoms with Crippen molar-refractivity contribution in [3.05, 3.63) is 54.1 Å². The van der Waals surface area contributed by atoms with Gasteiger partial charge in [0.05, 0.1) is 6.04 Å². The quantitative estimate of drug-likeness (QED) is 0.887. The van der Waals surface area contributed by atoms with Crippen LogP contribution < -0.4 is 14.8 Å². The van der Waals surface area contributed by atoms with Crippen LogP contribution in [0.2, 0.25) is 0 Å². The van der Waals surface area contributed by atoms with Gasteiger partial charge in [-0.25, -0.2) is 0 Å². The summed E-state index contributed by atoms with van der Waals surface area (Å²) >= 11 is 0. The lowest BCUT2D eigenvalue weighted by Crippen LogP contribution is -2.30. The summed E-state index contributed by atoms with van der Waals surface area (Å²) in [5, 5.41) is 3.51. The van der Waals surface area contributed by atoms with Crippen LogP contribution >= 0.6 is 0 Å². The zero-order chi connectivity index (χ0) is 14.7. The minimum Gasteiger partial charge on any atom is -0.488 e. The van der Waals surface area contributed by atoms with Gasteiger partial charge in [-0.05, 0) is 43.3 Å². The molecule has 21 heavy (non-hydrogen) atoms. The second-order valence-corrected chi connectivity index (χ2v) is 5.21. The number of nitrogens with one attached hydrogen (secondary N) is 1. The Morgan fingerprint density at radius 3 is 2.57 bits per heavy atom. The molecule has 1 aliphatic rings. The van der Waals surface area contributed by atoms with Crippen LogP contribution in [0.15, 0.2) is 48.5 Å². The first-order valence-corrected chi connectivity index (χ1v) is 7.58. The van der Waals surface area contributed by atoms with Crippen molar-refractivity contribution < 1.29 is 9.47 Å². The number of fused-ring (bicyclic) bond motifs is 1. The predicted octanol–water partition coefficient (Wildman–Crippen LogP) is 4.30. The van der Waals surface area contributed by atoms with Gasteiger partial charge in [0.2, 0.25) is 0 Å². The Bertz CT molecular complexity index is 597. The van der Waals surface area contributed by atoms with Crippen molar-refractivity contribution in [3.8, 4) is 17.2 Å². The van der Waals surface area contributed by atoms with E-state index in [0.29, 0.717) is 0 Å². The normalized spacial score (nSPS) is 19.9. The lowest BCUT2D eigenvalue weighted by atomic mass is 10.0. The van der Waals surface area contributed by atoms with Crippen LogP contribution in [0.5, 0.6) is 17.2 Å². The minimum absolute atomic E-state index is 0.201. The zero-order valence-electron chi connectivity index (χ0n) is 12.5. The Labute approximate surface area is 125 Å². The maximum absolute atomic E-state index is 6.01. The summed E-state index contributed by atoms with van der Waals surface area (Å²) in [4.78, 5) is 0. The first-order valence-electron chi connectivity index (χ1n) is 7.58. The van der Waals surface area contributed by atoms with Gasteiger partial charge in [0, 0.05) is 5.56 Å². The molecule has 2 aromatic carbocycles. The molecule has 0 fully saturated rings. The minimum atomic E-state index is 0.201. The highest BCUT2D eigenvalue weighted by molar-refractivity contribution is 5.46. The van der Waals surface area contributed by atoms with E-state index in [0.717, 1.165) is 30.2 Å². The van der Waals surface area contributed by atoms with Gasteiger partial charge in [0.15, 0.2) is 0 Å². The predicted molar refractivity (Wildman–Crippen MR) is 84.1 cm³/mol. The third kappa shape index (κ3) is 2.88. The standard InChI is InChI=1S/C18H21NO2/c1-3-16-18(19-4-2)15-12-14(10-11-17(15)21-16)20-13-8-6-5-7-9-13/h5-12,16,18-19H,3-4H2,1-2H3. The summed E-state index contributed by atoms with van der Waals surface area (Å²) in [5.41, 5.74) is 1.19. The van der Waals surface area contributed by atoms with E-state index in [4.69, 9.17) is 9.47 Å². The number of rotatable bonds is 5. The molecule has 3 rings (SSSR count). The molecule has 110 valence electrons. The molecule has 0 aliphatic carbocycles. The van der Waals surface area contributed by atoms with Gasteiger partial charge in [0.25, 0.3) is 0 Å². The number of para-hydroxylation sites is 1. The Morgan fingerprint density at radius 1 is 1.05 bits per heavy atom. The summed E-state index contributed by atoms with van der Waals surface area (Å²) < 4.78 is 11.9. The van der Waals surface area contributed by atoms with E-state index in [1.807, 2.05) is 42.5 Å². The van der Waals surface area contributed by atoms with Crippen molar-refractivity contribution in [2.24, 2.45) is 0 Å². The molecule has 1 N–H and O–H groups in total. The molecule has 2 atom stereocenters. The average molecular weight is 283 g/mol. The molecule has 0 amide bonds. The highest BCUT2D eigenvalue weighted by Crippen LogP contribution is 2.40. The lowest BCUT2D eigenvalue weighted by molar-refractivity contribution is 0.186. The molecule has 2 unspecified atom stereocenters. The van der Waals surface area contributed by atoms with Gasteiger partial charge in [-0.3, -0.25) is 0 Å². The lowest BCUT2D eigenvalue weighted by Gasteiger charge is -2.18. The van der Waals surface area contributed by atoms with E-state index < -0.39 is 0 Å². The highest BCUT2D eigenvalue weighted by Gasteiger charge is 2.32. The maximum Gasteiger partial charge on any atom is 0.128 e. The molecule has 2 aromatic rings. The maximum atomic E-state index is 6.01. The van der Waals surface area contributed by atoms with E-state index in [1.54, 1.807) is 0 Å². The van der Waals surface area contributed by atoms with E-state index in [1.165, 1.54) is 5.56 Å². The van der Waals surface area contributed by atoms with Crippen LogP contribution in [0.25, 0.3) is 0 Å². The zero-order valence-corrected chi connectivity index (χ0v) is 12.5. The molecule has 3 heteroatoms. The van der Waals surface area contributed by atoms with Crippen molar-refractivity contribution in [2.45, 2.75) is 32.4 Å². The Morgan fingerprint density at radius 2 is 1.86 bits per heavy atom. The molecule has 1 aliphatic heterocycles. The van der Waals surface area contributed by atoms with Crippen LogP contribution in [-0.2, 0) is 0 Å². The molecule has 0 aromatic heterocycles. The van der Waals surface area contributed by atoms with Gasteiger partial charge in [-0.1, -0.05) is 32.0 Å². The van der Waals surface area contributed by atoms with Crippen LogP contribution in [0.4, 0.5) is 0 Å². The molecule has 3 nitrogen and oxygen atoms in total. The fraction of sp³-hybridized carbons (Fsp3) is 0.333. The van der Waals surface area contributed by atoms with E-state index in [9.17, 15) is 0 Å². The van der Waals surface area contributed by atoms with Gasteiger partial charge < -0.3 is 14.8 Å². The molecule has 0 radical (unpaired) electrons. The van der Waals surface area contributed by atoms with Crippen LogP contribution in [-0.4, -0.2) is 12.6 Å². The average Bonchev–Trinajstić information content (AvgIpc) is 2.86. The first-order chi connectivity index (χ1) is 10.3. The largest absolute Gasteiger partial charge is 0.488 e. The van der Waals surface area contributed by atoms with Crippen LogP contribution in [0, 0.1) is 0 Å². The number of hydrogen-bond acceptors (Lipinski definition) is 3. The van der Waals surface area contributed by atoms with Crippen LogP contribution in [0.1, 0.15) is 31.9 Å². The fourth-order valence-electron chi connectivity index (χ4n) is 2.78. The number of ether oxygens (including phenoxy) is 2. The molecule has 0 spiro atoms. The Hall–Kier alpha value is -2.00. The van der Waals surface area contributed by atoms with Crippen LogP contribution in [0.3, 0.4) is 0 Å². The summed E-state index contributed by atoms with van der Waals surface area (Å²) in [6.45, 7) is 5.20. The van der Waals surface area contributed by atoms with E-state index in [2.05, 4.69) is 25.2 Å². The second kappa shape index (κ2) is 6.19. The number of hydrogen-bond donors (Lipinski definition) is 1. The fourth-order valence-corrected chi connectivity index (χ4v) is 2.78. The first kappa shape index (κ1) is 14.0. The van der Waals surface area contributed by atoms with E-state index in [-0.39, 0.29) is 12.1 Å². The number of benzene rings is 2. The van der Waals surface area contributed by atoms with Gasteiger partial charge in [0.1, 0.15) is 23.4 Å². The van der Waals surface area contributed by atoms with Crippen molar-refractivity contribution in [2.75, 3.05) is 6.54 Å². The Balaban J connectivity index is 1.86.